The normalized spacial score (nSPS) is 13.4. The zero-order chi connectivity index (χ0) is 18.9. The largest absolute Gasteiger partial charge is 0.334 e. The van der Waals surface area contributed by atoms with Crippen molar-refractivity contribution in [3.05, 3.63) is 95.0 Å². The van der Waals surface area contributed by atoms with Crippen LogP contribution in [0.4, 0.5) is 0 Å². The lowest BCUT2D eigenvalue weighted by atomic mass is 9.99. The number of hydrogen-bond donors (Lipinski definition) is 0. The molecule has 0 aliphatic carbocycles. The van der Waals surface area contributed by atoms with E-state index in [1.54, 1.807) is 16.0 Å². The monoisotopic (exact) mass is 385 g/mol. The van der Waals surface area contributed by atoms with Crippen LogP contribution in [0.5, 0.6) is 0 Å². The summed E-state index contributed by atoms with van der Waals surface area (Å²) in [5, 5.41) is 6.78. The van der Waals surface area contributed by atoms with E-state index in [9.17, 15) is 4.79 Å². The molecule has 0 saturated heterocycles. The number of fused-ring (bicyclic) bond motifs is 1. The van der Waals surface area contributed by atoms with E-state index >= 15 is 0 Å². The van der Waals surface area contributed by atoms with Crippen LogP contribution in [0, 0.1) is 0 Å². The van der Waals surface area contributed by atoms with Crippen LogP contribution < -0.4 is 0 Å². The highest BCUT2D eigenvalue weighted by atomic mass is 32.1. The van der Waals surface area contributed by atoms with Gasteiger partial charge in [-0.1, -0.05) is 48.5 Å². The van der Waals surface area contributed by atoms with Gasteiger partial charge in [-0.3, -0.25) is 4.79 Å². The molecule has 0 spiro atoms. The Morgan fingerprint density at radius 1 is 0.929 bits per heavy atom. The van der Waals surface area contributed by atoms with Crippen LogP contribution in [0.15, 0.2) is 78.3 Å². The van der Waals surface area contributed by atoms with Gasteiger partial charge in [0.05, 0.1) is 16.1 Å². The molecule has 1 aliphatic rings. The Morgan fingerprint density at radius 2 is 1.71 bits per heavy atom. The number of hydrogen-bond acceptors (Lipinski definition) is 3. The highest BCUT2D eigenvalue weighted by Crippen LogP contribution is 2.30. The molecule has 4 nitrogen and oxygen atoms in total. The molecule has 0 N–H and O–H groups in total. The number of aromatic nitrogens is 2. The standard InChI is InChI=1S/C23H19N3OS/c27-23(25-13-12-17-7-4-5-8-18(17)15-25)20-16-26(19-9-2-1-3-10-19)24-22(20)21-11-6-14-28-21/h1-11,14,16H,12-13,15H2. The first-order valence-corrected chi connectivity index (χ1v) is 10.2. The molecule has 0 unspecified atom stereocenters. The van der Waals surface area contributed by atoms with Crippen LogP contribution in [0.1, 0.15) is 21.5 Å². The highest BCUT2D eigenvalue weighted by Gasteiger charge is 2.26. The van der Waals surface area contributed by atoms with E-state index in [4.69, 9.17) is 5.10 Å². The summed E-state index contributed by atoms with van der Waals surface area (Å²) in [5.74, 6) is 0.0417. The van der Waals surface area contributed by atoms with Gasteiger partial charge in [-0.15, -0.1) is 11.3 Å². The van der Waals surface area contributed by atoms with Crippen molar-refractivity contribution in [2.45, 2.75) is 13.0 Å². The van der Waals surface area contributed by atoms with E-state index in [0.717, 1.165) is 29.2 Å². The van der Waals surface area contributed by atoms with Crippen LogP contribution in [-0.4, -0.2) is 27.1 Å². The van der Waals surface area contributed by atoms with Crippen LogP contribution in [-0.2, 0) is 13.0 Å². The Labute approximate surface area is 167 Å². The molecule has 5 heteroatoms. The summed E-state index contributed by atoms with van der Waals surface area (Å²) in [4.78, 5) is 16.4. The summed E-state index contributed by atoms with van der Waals surface area (Å²) in [7, 11) is 0. The maximum absolute atomic E-state index is 13.4. The molecule has 4 aromatic rings. The van der Waals surface area contributed by atoms with Gasteiger partial charge in [0.2, 0.25) is 0 Å². The van der Waals surface area contributed by atoms with Crippen LogP contribution in [0.25, 0.3) is 16.3 Å². The predicted octanol–water partition coefficient (Wildman–Crippen LogP) is 4.80. The number of nitrogens with zero attached hydrogens (tertiary/aromatic N) is 3. The number of rotatable bonds is 3. The first-order chi connectivity index (χ1) is 13.8. The summed E-state index contributed by atoms with van der Waals surface area (Å²) in [6.45, 7) is 1.38. The lowest BCUT2D eigenvalue weighted by Gasteiger charge is -2.28. The van der Waals surface area contributed by atoms with Crippen molar-refractivity contribution in [3.63, 3.8) is 0 Å². The molecule has 0 saturated carbocycles. The highest BCUT2D eigenvalue weighted by molar-refractivity contribution is 7.13. The molecular weight excluding hydrogens is 366 g/mol. The summed E-state index contributed by atoms with van der Waals surface area (Å²) in [6.07, 6.45) is 2.76. The summed E-state index contributed by atoms with van der Waals surface area (Å²) in [5.41, 5.74) is 4.93. The molecule has 138 valence electrons. The molecule has 5 rings (SSSR count). The average Bonchev–Trinajstić information content (AvgIpc) is 3.43. The average molecular weight is 385 g/mol. The fourth-order valence-electron chi connectivity index (χ4n) is 3.68. The predicted molar refractivity (Wildman–Crippen MR) is 112 cm³/mol. The third kappa shape index (κ3) is 3.04. The van der Waals surface area contributed by atoms with E-state index in [1.165, 1.54) is 11.1 Å². The number of benzene rings is 2. The number of carbonyl (C=O) groups excluding carboxylic acids is 1. The van der Waals surface area contributed by atoms with Crippen molar-refractivity contribution in [2.75, 3.05) is 6.54 Å². The van der Waals surface area contributed by atoms with E-state index in [2.05, 4.69) is 18.2 Å². The molecule has 0 fully saturated rings. The minimum absolute atomic E-state index is 0.0417. The van der Waals surface area contributed by atoms with Crippen LogP contribution in [0.2, 0.25) is 0 Å². The smallest absolute Gasteiger partial charge is 0.258 e. The third-order valence-corrected chi connectivity index (χ3v) is 6.01. The van der Waals surface area contributed by atoms with Crippen LogP contribution >= 0.6 is 11.3 Å². The Morgan fingerprint density at radius 3 is 2.50 bits per heavy atom. The van der Waals surface area contributed by atoms with Gasteiger partial charge in [0, 0.05) is 19.3 Å². The van der Waals surface area contributed by atoms with Crippen LogP contribution in [0.3, 0.4) is 0 Å². The number of amides is 1. The second-order valence-electron chi connectivity index (χ2n) is 6.89. The fourth-order valence-corrected chi connectivity index (χ4v) is 4.40. The second-order valence-corrected chi connectivity index (χ2v) is 7.84. The quantitative estimate of drug-likeness (QED) is 0.508. The van der Waals surface area contributed by atoms with Crippen molar-refractivity contribution in [1.82, 2.24) is 14.7 Å². The van der Waals surface area contributed by atoms with Gasteiger partial charge in [-0.05, 0) is 41.1 Å². The number of thiophene rings is 1. The minimum atomic E-state index is 0.0417. The molecule has 1 aliphatic heterocycles. The van der Waals surface area contributed by atoms with Gasteiger partial charge in [0.15, 0.2) is 0 Å². The first kappa shape index (κ1) is 17.0. The van der Waals surface area contributed by atoms with Crippen molar-refractivity contribution < 1.29 is 4.79 Å². The molecule has 28 heavy (non-hydrogen) atoms. The summed E-state index contributed by atoms with van der Waals surface area (Å²) in [6, 6.07) is 22.3. The van der Waals surface area contributed by atoms with E-state index < -0.39 is 0 Å². The third-order valence-electron chi connectivity index (χ3n) is 5.14. The SMILES string of the molecule is O=C(c1cn(-c2ccccc2)nc1-c1cccs1)N1CCc2ccccc2C1. The van der Waals surface area contributed by atoms with Crippen molar-refractivity contribution in [1.29, 1.82) is 0 Å². The van der Waals surface area contributed by atoms with Gasteiger partial charge in [0.25, 0.3) is 5.91 Å². The Bertz CT molecular complexity index is 1120. The van der Waals surface area contributed by atoms with Gasteiger partial charge >= 0.3 is 0 Å². The van der Waals surface area contributed by atoms with Gasteiger partial charge < -0.3 is 4.90 Å². The minimum Gasteiger partial charge on any atom is -0.334 e. The molecule has 1 amide bonds. The van der Waals surface area contributed by atoms with E-state index in [-0.39, 0.29) is 5.91 Å². The molecule has 0 bridgehead atoms. The van der Waals surface area contributed by atoms with Crippen molar-refractivity contribution >= 4 is 17.2 Å². The maximum atomic E-state index is 13.4. The summed E-state index contributed by atoms with van der Waals surface area (Å²) < 4.78 is 1.81. The Hall–Kier alpha value is -3.18. The zero-order valence-electron chi connectivity index (χ0n) is 15.3. The molecule has 2 aromatic heterocycles. The van der Waals surface area contributed by atoms with Gasteiger partial charge in [-0.25, -0.2) is 4.68 Å². The molecular formula is C23H19N3OS. The fraction of sp³-hybridized carbons (Fsp3) is 0.130. The Balaban J connectivity index is 1.54. The first-order valence-electron chi connectivity index (χ1n) is 9.34. The molecule has 0 radical (unpaired) electrons. The van der Waals surface area contributed by atoms with Gasteiger partial charge in [0.1, 0.15) is 5.69 Å². The number of para-hydroxylation sites is 1. The van der Waals surface area contributed by atoms with Gasteiger partial charge in [-0.2, -0.15) is 5.10 Å². The van der Waals surface area contributed by atoms with E-state index in [1.807, 2.05) is 65.0 Å². The second kappa shape index (κ2) is 7.09. The lowest BCUT2D eigenvalue weighted by molar-refractivity contribution is 0.0735. The van der Waals surface area contributed by atoms with E-state index in [0.29, 0.717) is 12.1 Å². The topological polar surface area (TPSA) is 38.1 Å². The molecule has 0 atom stereocenters. The maximum Gasteiger partial charge on any atom is 0.258 e. The molecule has 2 aromatic carbocycles. The van der Waals surface area contributed by atoms with Crippen molar-refractivity contribution in [3.8, 4) is 16.3 Å². The molecule has 3 heterocycles. The van der Waals surface area contributed by atoms with Crippen molar-refractivity contribution in [2.24, 2.45) is 0 Å². The zero-order valence-corrected chi connectivity index (χ0v) is 16.1. The number of carbonyl (C=O) groups is 1. The summed E-state index contributed by atoms with van der Waals surface area (Å²) >= 11 is 1.60. The lowest BCUT2D eigenvalue weighted by Crippen LogP contribution is -2.36. The Kier molecular flexibility index (Phi) is 4.29.